The van der Waals surface area contributed by atoms with Crippen molar-refractivity contribution >= 4 is 29.9 Å². The van der Waals surface area contributed by atoms with Gasteiger partial charge in [-0.2, -0.15) is 9.61 Å². The predicted molar refractivity (Wildman–Crippen MR) is 93.2 cm³/mol. The van der Waals surface area contributed by atoms with E-state index in [2.05, 4.69) is 37.2 Å². The number of carbonyl (C=O) groups excluding carboxylic acids is 1. The van der Waals surface area contributed by atoms with E-state index in [1.54, 1.807) is 14.0 Å². The molecule has 0 radical (unpaired) electrons. The lowest BCUT2D eigenvalue weighted by Gasteiger charge is -2.14. The number of primary amides is 1. The second-order valence-corrected chi connectivity index (χ2v) is 4.98. The number of aliphatic imine (C=N–C) groups is 1. The number of amides is 1. The number of nitrogens with zero attached hydrogens (tertiary/aromatic N) is 4. The normalized spacial score (nSPS) is 12.8. The molecular formula is C15H16F3N7O2. The molecule has 0 spiro atoms. The van der Waals surface area contributed by atoms with E-state index in [9.17, 15) is 18.0 Å². The fourth-order valence-electron chi connectivity index (χ4n) is 2.13. The fraction of sp³-hybridized carbons (Fsp3) is 0.200. The number of halogens is 3. The summed E-state index contributed by atoms with van der Waals surface area (Å²) in [6.45, 7) is 4.68. The largest absolute Gasteiger partial charge is 0.574 e. The zero-order valence-electron chi connectivity index (χ0n) is 14.3. The van der Waals surface area contributed by atoms with Gasteiger partial charge in [0.25, 0.3) is 5.91 Å². The lowest BCUT2D eigenvalue weighted by atomic mass is 10.3. The van der Waals surface area contributed by atoms with Gasteiger partial charge in [-0.05, 0) is 19.7 Å². The van der Waals surface area contributed by atoms with Crippen LogP contribution in [0.5, 0.6) is 0 Å². The highest BCUT2D eigenvalue weighted by Gasteiger charge is 2.33. The summed E-state index contributed by atoms with van der Waals surface area (Å²) >= 11 is 0. The average molecular weight is 383 g/mol. The van der Waals surface area contributed by atoms with Gasteiger partial charge in [0.15, 0.2) is 5.65 Å². The van der Waals surface area contributed by atoms with E-state index >= 15 is 0 Å². The van der Waals surface area contributed by atoms with Crippen LogP contribution >= 0.6 is 0 Å². The Labute approximate surface area is 151 Å². The third kappa shape index (κ3) is 4.54. The molecule has 27 heavy (non-hydrogen) atoms. The molecule has 2 aromatic heterocycles. The van der Waals surface area contributed by atoms with Crippen molar-refractivity contribution in [3.63, 3.8) is 0 Å². The van der Waals surface area contributed by atoms with E-state index in [0.717, 1.165) is 0 Å². The van der Waals surface area contributed by atoms with Crippen LogP contribution in [0, 0.1) is 0 Å². The lowest BCUT2D eigenvalue weighted by molar-refractivity contribution is -0.305. The predicted octanol–water partition coefficient (Wildman–Crippen LogP) is 2.26. The molecule has 2 heterocycles. The van der Waals surface area contributed by atoms with Crippen LogP contribution in [0.25, 0.3) is 5.65 Å². The molecule has 9 nitrogen and oxygen atoms in total. The maximum Gasteiger partial charge on any atom is 0.574 e. The van der Waals surface area contributed by atoms with Crippen molar-refractivity contribution in [2.24, 2.45) is 10.7 Å². The monoisotopic (exact) mass is 383 g/mol. The molecule has 0 saturated carbocycles. The van der Waals surface area contributed by atoms with Gasteiger partial charge in [-0.3, -0.25) is 4.79 Å². The first-order valence-electron chi connectivity index (χ1n) is 7.43. The molecule has 0 atom stereocenters. The van der Waals surface area contributed by atoms with Crippen molar-refractivity contribution in [3.05, 3.63) is 41.6 Å². The number of alkyl halides is 3. The summed E-state index contributed by atoms with van der Waals surface area (Å²) in [7, 11) is 1.59. The number of nitrogens with one attached hydrogen (secondary N) is 2. The first kappa shape index (κ1) is 19.8. The second-order valence-electron chi connectivity index (χ2n) is 4.98. The minimum atomic E-state index is -4.96. The summed E-state index contributed by atoms with van der Waals surface area (Å²) in [6.07, 6.45) is -0.949. The quantitative estimate of drug-likeness (QED) is 0.383. The standard InChI is InChI=1S/C15H16F3N7O2/c1-4-5-9(14(21-3)27-15(16,17)18)23-10-6-11(20-2)25-13(24-10)8(7-22-25)12(19)26/h4-7,20H,3H2,1-2H3,(H2,19,26)(H,23,24)/b5-4-,14-9-. The van der Waals surface area contributed by atoms with Crippen molar-refractivity contribution in [2.45, 2.75) is 13.3 Å². The van der Waals surface area contributed by atoms with Crippen molar-refractivity contribution in [2.75, 3.05) is 17.7 Å². The zero-order valence-corrected chi connectivity index (χ0v) is 14.3. The maximum atomic E-state index is 12.6. The van der Waals surface area contributed by atoms with Gasteiger partial charge in [-0.15, -0.1) is 13.2 Å². The van der Waals surface area contributed by atoms with Crippen LogP contribution in [0.15, 0.2) is 41.0 Å². The number of allylic oxidation sites excluding steroid dienone is 2. The smallest absolute Gasteiger partial charge is 0.386 e. The van der Waals surface area contributed by atoms with Crippen LogP contribution < -0.4 is 16.4 Å². The highest BCUT2D eigenvalue weighted by atomic mass is 19.4. The molecule has 0 aliphatic heterocycles. The molecule has 0 bridgehead atoms. The van der Waals surface area contributed by atoms with Crippen LogP contribution in [0.3, 0.4) is 0 Å². The third-order valence-electron chi connectivity index (χ3n) is 3.18. The summed E-state index contributed by atoms with van der Waals surface area (Å²) in [5.74, 6) is -1.05. The Morgan fingerprint density at radius 3 is 2.70 bits per heavy atom. The average Bonchev–Trinajstić information content (AvgIpc) is 3.02. The van der Waals surface area contributed by atoms with E-state index < -0.39 is 18.2 Å². The van der Waals surface area contributed by atoms with E-state index in [-0.39, 0.29) is 22.7 Å². The molecule has 0 saturated heterocycles. The minimum absolute atomic E-state index is 0.0420. The number of hydrogen-bond donors (Lipinski definition) is 3. The molecule has 2 aromatic rings. The molecule has 0 fully saturated rings. The Balaban J connectivity index is 2.58. The van der Waals surface area contributed by atoms with E-state index in [1.807, 2.05) is 0 Å². The Morgan fingerprint density at radius 2 is 2.19 bits per heavy atom. The van der Waals surface area contributed by atoms with Gasteiger partial charge in [0.2, 0.25) is 5.88 Å². The Bertz CT molecular complexity index is 931. The Morgan fingerprint density at radius 1 is 1.48 bits per heavy atom. The van der Waals surface area contributed by atoms with Crippen LogP contribution in [0.4, 0.5) is 24.8 Å². The van der Waals surface area contributed by atoms with E-state index in [1.165, 1.54) is 28.9 Å². The number of nitrogens with two attached hydrogens (primary N) is 1. The number of fused-ring (bicyclic) bond motifs is 1. The topological polar surface area (TPSA) is 119 Å². The fourth-order valence-corrected chi connectivity index (χ4v) is 2.13. The number of aromatic nitrogens is 3. The Hall–Kier alpha value is -3.57. The maximum absolute atomic E-state index is 12.6. The van der Waals surface area contributed by atoms with Crippen molar-refractivity contribution in [1.29, 1.82) is 0 Å². The third-order valence-corrected chi connectivity index (χ3v) is 3.18. The zero-order chi connectivity index (χ0) is 20.2. The van der Waals surface area contributed by atoms with Gasteiger partial charge in [0.1, 0.15) is 22.9 Å². The Kier molecular flexibility index (Phi) is 5.68. The van der Waals surface area contributed by atoms with Gasteiger partial charge < -0.3 is 21.1 Å². The molecular weight excluding hydrogens is 367 g/mol. The molecule has 4 N–H and O–H groups in total. The summed E-state index contributed by atoms with van der Waals surface area (Å²) in [5, 5.41) is 9.50. The first-order chi connectivity index (χ1) is 12.7. The number of anilines is 2. The van der Waals surface area contributed by atoms with Gasteiger partial charge >= 0.3 is 6.36 Å². The molecule has 144 valence electrons. The number of ether oxygens (including phenoxy) is 1. The van der Waals surface area contributed by atoms with Gasteiger partial charge in [0.05, 0.1) is 6.20 Å². The summed E-state index contributed by atoms with van der Waals surface area (Å²) < 4.78 is 42.9. The molecule has 0 aromatic carbocycles. The molecule has 0 aliphatic rings. The molecule has 0 aliphatic carbocycles. The number of carbonyl (C=O) groups is 1. The molecule has 0 unspecified atom stereocenters. The van der Waals surface area contributed by atoms with Crippen molar-refractivity contribution in [1.82, 2.24) is 14.6 Å². The van der Waals surface area contributed by atoms with Crippen LogP contribution in [-0.2, 0) is 4.74 Å². The van der Waals surface area contributed by atoms with Crippen LogP contribution in [-0.4, -0.2) is 40.6 Å². The number of hydrogen-bond acceptors (Lipinski definition) is 7. The van der Waals surface area contributed by atoms with Crippen LogP contribution in [0.1, 0.15) is 17.3 Å². The highest BCUT2D eigenvalue weighted by Crippen LogP contribution is 2.25. The highest BCUT2D eigenvalue weighted by molar-refractivity contribution is 5.98. The summed E-state index contributed by atoms with van der Waals surface area (Å²) in [6, 6.07) is 1.46. The van der Waals surface area contributed by atoms with Gasteiger partial charge in [-0.1, -0.05) is 6.08 Å². The van der Waals surface area contributed by atoms with Gasteiger partial charge in [-0.25, -0.2) is 9.98 Å². The van der Waals surface area contributed by atoms with Gasteiger partial charge in [0, 0.05) is 13.1 Å². The van der Waals surface area contributed by atoms with E-state index in [4.69, 9.17) is 5.73 Å². The minimum Gasteiger partial charge on any atom is -0.386 e. The van der Waals surface area contributed by atoms with Crippen molar-refractivity contribution in [3.8, 4) is 0 Å². The second kappa shape index (κ2) is 7.76. The summed E-state index contributed by atoms with van der Waals surface area (Å²) in [5.41, 5.74) is 5.30. The SMILES string of the molecule is C=N/C(OC(F)(F)F)=C(\C=C/C)Nc1cc(NC)n2ncc(C(N)=O)c2n1. The number of rotatable bonds is 7. The molecule has 2 rings (SSSR count). The first-order valence-corrected chi connectivity index (χ1v) is 7.43. The van der Waals surface area contributed by atoms with Crippen LogP contribution in [0.2, 0.25) is 0 Å². The summed E-state index contributed by atoms with van der Waals surface area (Å²) in [4.78, 5) is 19.0. The lowest BCUT2D eigenvalue weighted by Crippen LogP contribution is -2.16. The van der Waals surface area contributed by atoms with Crippen molar-refractivity contribution < 1.29 is 22.7 Å². The molecule has 1 amide bonds. The molecule has 12 heteroatoms. The van der Waals surface area contributed by atoms with E-state index in [0.29, 0.717) is 5.82 Å².